The van der Waals surface area contributed by atoms with Crippen LogP contribution in [0.1, 0.15) is 12.0 Å². The lowest BCUT2D eigenvalue weighted by atomic mass is 10.1. The molecule has 0 aliphatic carbocycles. The van der Waals surface area contributed by atoms with E-state index in [1.54, 1.807) is 4.90 Å². The van der Waals surface area contributed by atoms with E-state index in [4.69, 9.17) is 5.73 Å². The lowest BCUT2D eigenvalue weighted by Crippen LogP contribution is -2.20. The molecule has 1 fully saturated rings. The standard InChI is InChI=1S/C11H12F4N2/c12-8-1-2-17(6-8)10-4-7(11(13,14)15)3-9(16)5-10/h3-5,8H,1-2,6,16H2. The molecule has 0 bridgehead atoms. The minimum atomic E-state index is -4.43. The SMILES string of the molecule is Nc1cc(N2CCC(F)C2)cc(C(F)(F)F)c1. The Kier molecular flexibility index (Phi) is 2.89. The molecule has 2 rings (SSSR count). The summed E-state index contributed by atoms with van der Waals surface area (Å²) in [6.07, 6.45) is -5.07. The number of rotatable bonds is 1. The first-order chi connectivity index (χ1) is 7.86. The molecule has 1 unspecified atom stereocenters. The van der Waals surface area contributed by atoms with Gasteiger partial charge in [0.2, 0.25) is 0 Å². The molecule has 0 radical (unpaired) electrons. The van der Waals surface area contributed by atoms with Gasteiger partial charge in [0.1, 0.15) is 6.17 Å². The van der Waals surface area contributed by atoms with Crippen molar-refractivity contribution in [3.8, 4) is 0 Å². The average molecular weight is 248 g/mol. The molecule has 1 aliphatic rings. The normalized spacial score (nSPS) is 20.9. The molecule has 1 aromatic carbocycles. The Labute approximate surface area is 96.0 Å². The maximum Gasteiger partial charge on any atom is 0.416 e. The molecule has 1 aliphatic heterocycles. The van der Waals surface area contributed by atoms with E-state index in [0.717, 1.165) is 12.1 Å². The first-order valence-corrected chi connectivity index (χ1v) is 5.23. The second-order valence-electron chi connectivity index (χ2n) is 4.14. The fraction of sp³-hybridized carbons (Fsp3) is 0.455. The van der Waals surface area contributed by atoms with Crippen LogP contribution >= 0.6 is 0 Å². The zero-order valence-corrected chi connectivity index (χ0v) is 8.97. The molecule has 2 nitrogen and oxygen atoms in total. The number of hydrogen-bond donors (Lipinski definition) is 1. The summed E-state index contributed by atoms with van der Waals surface area (Å²) in [5.74, 6) is 0. The van der Waals surface area contributed by atoms with Crippen molar-refractivity contribution in [2.75, 3.05) is 23.7 Å². The lowest BCUT2D eigenvalue weighted by molar-refractivity contribution is -0.137. The molecular formula is C11H12F4N2. The second kappa shape index (κ2) is 4.09. The molecule has 1 saturated heterocycles. The molecule has 0 amide bonds. The number of anilines is 2. The van der Waals surface area contributed by atoms with Crippen LogP contribution in [-0.2, 0) is 6.18 Å². The van der Waals surface area contributed by atoms with Crippen LogP contribution in [-0.4, -0.2) is 19.3 Å². The Bertz CT molecular complexity index is 416. The van der Waals surface area contributed by atoms with Gasteiger partial charge in [-0.25, -0.2) is 4.39 Å². The fourth-order valence-electron chi connectivity index (χ4n) is 1.93. The summed E-state index contributed by atoms with van der Waals surface area (Å²) < 4.78 is 50.7. The molecular weight excluding hydrogens is 236 g/mol. The Morgan fingerprint density at radius 3 is 2.47 bits per heavy atom. The topological polar surface area (TPSA) is 29.3 Å². The molecule has 1 aromatic rings. The van der Waals surface area contributed by atoms with Gasteiger partial charge < -0.3 is 10.6 Å². The van der Waals surface area contributed by atoms with Crippen molar-refractivity contribution in [1.82, 2.24) is 0 Å². The predicted molar refractivity (Wildman–Crippen MR) is 57.6 cm³/mol. The Morgan fingerprint density at radius 2 is 1.94 bits per heavy atom. The zero-order valence-electron chi connectivity index (χ0n) is 8.97. The van der Waals surface area contributed by atoms with Crippen LogP contribution in [0.4, 0.5) is 28.9 Å². The van der Waals surface area contributed by atoms with Crippen LogP contribution in [0.25, 0.3) is 0 Å². The number of nitrogen functional groups attached to an aromatic ring is 1. The minimum absolute atomic E-state index is 0.0390. The van der Waals surface area contributed by atoms with Gasteiger partial charge in [0.15, 0.2) is 0 Å². The molecule has 1 heterocycles. The van der Waals surface area contributed by atoms with Crippen molar-refractivity contribution in [2.24, 2.45) is 0 Å². The predicted octanol–water partition coefficient (Wildman–Crippen LogP) is 2.84. The zero-order chi connectivity index (χ0) is 12.6. The highest BCUT2D eigenvalue weighted by Gasteiger charge is 2.32. The molecule has 2 N–H and O–H groups in total. The molecule has 0 saturated carbocycles. The number of halogens is 4. The summed E-state index contributed by atoms with van der Waals surface area (Å²) in [7, 11) is 0. The quantitative estimate of drug-likeness (QED) is 0.611. The van der Waals surface area contributed by atoms with E-state index in [2.05, 4.69) is 0 Å². The van der Waals surface area contributed by atoms with E-state index >= 15 is 0 Å². The maximum atomic E-state index is 13.0. The van der Waals surface area contributed by atoms with Crippen LogP contribution in [0.2, 0.25) is 0 Å². The van der Waals surface area contributed by atoms with Gasteiger partial charge in [-0.05, 0) is 24.6 Å². The molecule has 0 spiro atoms. The van der Waals surface area contributed by atoms with E-state index in [0.29, 0.717) is 18.7 Å². The van der Waals surface area contributed by atoms with Crippen molar-refractivity contribution in [3.05, 3.63) is 23.8 Å². The summed E-state index contributed by atoms with van der Waals surface area (Å²) >= 11 is 0. The van der Waals surface area contributed by atoms with E-state index in [1.807, 2.05) is 0 Å². The number of nitrogens with two attached hydrogens (primary N) is 1. The van der Waals surface area contributed by atoms with E-state index in [9.17, 15) is 17.6 Å². The van der Waals surface area contributed by atoms with Gasteiger partial charge in [-0.1, -0.05) is 0 Å². The third kappa shape index (κ3) is 2.62. The van der Waals surface area contributed by atoms with Gasteiger partial charge >= 0.3 is 6.18 Å². The van der Waals surface area contributed by atoms with Gasteiger partial charge in [0.05, 0.1) is 5.56 Å². The molecule has 6 heteroatoms. The monoisotopic (exact) mass is 248 g/mol. The van der Waals surface area contributed by atoms with Crippen LogP contribution in [0.3, 0.4) is 0 Å². The van der Waals surface area contributed by atoms with Crippen molar-refractivity contribution in [3.63, 3.8) is 0 Å². The highest BCUT2D eigenvalue weighted by molar-refractivity contribution is 5.59. The maximum absolute atomic E-state index is 13.0. The third-order valence-corrected chi connectivity index (χ3v) is 2.76. The van der Waals surface area contributed by atoms with Gasteiger partial charge in [-0.15, -0.1) is 0 Å². The summed E-state index contributed by atoms with van der Waals surface area (Å²) in [6, 6.07) is 3.33. The van der Waals surface area contributed by atoms with Crippen molar-refractivity contribution < 1.29 is 17.6 Å². The summed E-state index contributed by atoms with van der Waals surface area (Å²) in [4.78, 5) is 1.58. The molecule has 1 atom stereocenters. The van der Waals surface area contributed by atoms with E-state index < -0.39 is 17.9 Å². The molecule has 94 valence electrons. The van der Waals surface area contributed by atoms with Crippen LogP contribution in [0, 0.1) is 0 Å². The third-order valence-electron chi connectivity index (χ3n) is 2.76. The lowest BCUT2D eigenvalue weighted by Gasteiger charge is -2.19. The minimum Gasteiger partial charge on any atom is -0.399 e. The Hall–Kier alpha value is -1.46. The van der Waals surface area contributed by atoms with Crippen LogP contribution in [0.15, 0.2) is 18.2 Å². The second-order valence-corrected chi connectivity index (χ2v) is 4.14. The Balaban J connectivity index is 2.32. The van der Waals surface area contributed by atoms with Gasteiger partial charge in [0, 0.05) is 24.5 Å². The summed E-state index contributed by atoms with van der Waals surface area (Å²) in [5, 5.41) is 0. The summed E-state index contributed by atoms with van der Waals surface area (Å²) in [6.45, 7) is 0.544. The number of benzene rings is 1. The first kappa shape index (κ1) is 12.0. The number of nitrogens with zero attached hydrogens (tertiary/aromatic N) is 1. The smallest absolute Gasteiger partial charge is 0.399 e. The van der Waals surface area contributed by atoms with E-state index in [1.165, 1.54) is 6.07 Å². The van der Waals surface area contributed by atoms with Crippen molar-refractivity contribution in [2.45, 2.75) is 18.8 Å². The molecule has 17 heavy (non-hydrogen) atoms. The average Bonchev–Trinajstić information content (AvgIpc) is 2.62. The highest BCUT2D eigenvalue weighted by Crippen LogP contribution is 2.34. The first-order valence-electron chi connectivity index (χ1n) is 5.23. The fourth-order valence-corrected chi connectivity index (χ4v) is 1.93. The summed E-state index contributed by atoms with van der Waals surface area (Å²) in [5.41, 5.74) is 5.01. The van der Waals surface area contributed by atoms with Crippen molar-refractivity contribution in [1.29, 1.82) is 0 Å². The van der Waals surface area contributed by atoms with Gasteiger partial charge in [0.25, 0.3) is 0 Å². The van der Waals surface area contributed by atoms with Gasteiger partial charge in [-0.3, -0.25) is 0 Å². The van der Waals surface area contributed by atoms with Gasteiger partial charge in [-0.2, -0.15) is 13.2 Å². The highest BCUT2D eigenvalue weighted by atomic mass is 19.4. The van der Waals surface area contributed by atoms with Crippen molar-refractivity contribution >= 4 is 11.4 Å². The largest absolute Gasteiger partial charge is 0.416 e. The number of hydrogen-bond acceptors (Lipinski definition) is 2. The van der Waals surface area contributed by atoms with Crippen LogP contribution < -0.4 is 10.6 Å². The number of alkyl halides is 4. The van der Waals surface area contributed by atoms with Crippen LogP contribution in [0.5, 0.6) is 0 Å². The Morgan fingerprint density at radius 1 is 1.24 bits per heavy atom. The molecule has 0 aromatic heterocycles. The van der Waals surface area contributed by atoms with E-state index in [-0.39, 0.29) is 12.2 Å².